The highest BCUT2D eigenvalue weighted by Gasteiger charge is 2.35. The molecule has 4 heterocycles. The van der Waals surface area contributed by atoms with Gasteiger partial charge in [-0.25, -0.2) is 4.39 Å². The number of nitrogens with one attached hydrogen (secondary N) is 2. The van der Waals surface area contributed by atoms with Crippen LogP contribution in [0.25, 0.3) is 10.9 Å². The summed E-state index contributed by atoms with van der Waals surface area (Å²) in [6.45, 7) is 5.98. The minimum Gasteiger partial charge on any atom is -0.344 e. The molecule has 0 aliphatic carbocycles. The van der Waals surface area contributed by atoms with Crippen LogP contribution in [0, 0.1) is 0 Å². The summed E-state index contributed by atoms with van der Waals surface area (Å²) in [5.41, 5.74) is 1.57. The molecule has 0 radical (unpaired) electrons. The molecule has 0 atom stereocenters. The van der Waals surface area contributed by atoms with Crippen LogP contribution in [-0.4, -0.2) is 61.1 Å². The highest BCUT2D eigenvalue weighted by atomic mass is 19.1. The van der Waals surface area contributed by atoms with Crippen LogP contribution in [0.5, 0.6) is 0 Å². The molecule has 3 aliphatic heterocycles. The van der Waals surface area contributed by atoms with Crippen molar-refractivity contribution in [1.82, 2.24) is 20.1 Å². The molecule has 0 saturated carbocycles. The van der Waals surface area contributed by atoms with Crippen LogP contribution in [0.4, 0.5) is 10.1 Å². The molecule has 29 heavy (non-hydrogen) atoms. The summed E-state index contributed by atoms with van der Waals surface area (Å²) in [5.74, 6) is 0. The fourth-order valence-corrected chi connectivity index (χ4v) is 5.20. The number of piperidine rings is 2. The number of benzene rings is 1. The lowest BCUT2D eigenvalue weighted by Crippen LogP contribution is -2.48. The first kappa shape index (κ1) is 19.1. The molecule has 3 aliphatic rings. The summed E-state index contributed by atoms with van der Waals surface area (Å²) in [7, 11) is 0. The van der Waals surface area contributed by atoms with E-state index in [-0.39, 0.29) is 0 Å². The third kappa shape index (κ3) is 3.93. The number of aromatic nitrogens is 1. The molecule has 0 bridgehead atoms. The van der Waals surface area contributed by atoms with Gasteiger partial charge in [0.25, 0.3) is 0 Å². The molecule has 1 aromatic heterocycles. The van der Waals surface area contributed by atoms with Crippen molar-refractivity contribution in [3.8, 4) is 0 Å². The summed E-state index contributed by atoms with van der Waals surface area (Å²) in [5, 5.41) is 7.98. The molecule has 0 unspecified atom stereocenters. The van der Waals surface area contributed by atoms with E-state index in [4.69, 9.17) is 0 Å². The molecule has 6 heteroatoms. The summed E-state index contributed by atoms with van der Waals surface area (Å²) >= 11 is 0. The van der Waals surface area contributed by atoms with Crippen molar-refractivity contribution >= 4 is 16.6 Å². The van der Waals surface area contributed by atoms with Crippen LogP contribution < -0.4 is 15.5 Å². The number of nitrogens with zero attached hydrogens (tertiary/aromatic N) is 3. The van der Waals surface area contributed by atoms with E-state index in [1.165, 1.54) is 16.6 Å². The topological polar surface area (TPSA) is 35.5 Å². The van der Waals surface area contributed by atoms with Crippen LogP contribution in [-0.2, 0) is 0 Å². The van der Waals surface area contributed by atoms with Gasteiger partial charge in [0.05, 0.1) is 17.9 Å². The molecule has 5 nitrogen and oxygen atoms in total. The average Bonchev–Trinajstić information content (AvgIpc) is 3.19. The Morgan fingerprint density at radius 2 is 1.90 bits per heavy atom. The van der Waals surface area contributed by atoms with Crippen LogP contribution in [0.2, 0.25) is 0 Å². The molecule has 5 rings (SSSR count). The van der Waals surface area contributed by atoms with E-state index in [1.54, 1.807) is 0 Å². The Morgan fingerprint density at radius 3 is 2.66 bits per heavy atom. The lowest BCUT2D eigenvalue weighted by Gasteiger charge is -2.39. The van der Waals surface area contributed by atoms with Gasteiger partial charge in [0, 0.05) is 50.0 Å². The first-order valence-corrected chi connectivity index (χ1v) is 11.1. The number of hydrogen-bond donors (Lipinski definition) is 2. The van der Waals surface area contributed by atoms with Crippen molar-refractivity contribution in [2.45, 2.75) is 37.4 Å². The number of hydrogen-bond acceptors (Lipinski definition) is 4. The minimum absolute atomic E-state index is 0.498. The second-order valence-electron chi connectivity index (χ2n) is 8.81. The standard InChI is InChI=1S/C23H32FN5/c24-23(8-11-25-12-9-23)17-27-14-5-19(6-15-27)29-16-7-20-21(3-1-4-22(20)29)28-13-2-10-26-18-28/h1-4,7,13,16,19,25-26H,5-6,8-12,14-15,17-18H2. The summed E-state index contributed by atoms with van der Waals surface area (Å²) < 4.78 is 17.5. The largest absolute Gasteiger partial charge is 0.344 e. The molecule has 156 valence electrons. The summed E-state index contributed by atoms with van der Waals surface area (Å²) in [4.78, 5) is 4.63. The van der Waals surface area contributed by atoms with Gasteiger partial charge in [0.15, 0.2) is 0 Å². The Bertz CT molecular complexity index is 861. The Morgan fingerprint density at radius 1 is 1.07 bits per heavy atom. The van der Waals surface area contributed by atoms with Gasteiger partial charge in [0.2, 0.25) is 0 Å². The molecule has 0 amide bonds. The SMILES string of the molecule is FC1(CN2CCC(n3ccc4c(N5C=CCNC5)cccc43)CC2)CCNCC1. The first-order chi connectivity index (χ1) is 14.2. The molecule has 0 spiro atoms. The highest BCUT2D eigenvalue weighted by molar-refractivity contribution is 5.93. The third-order valence-corrected chi connectivity index (χ3v) is 6.84. The fraction of sp³-hybridized carbons (Fsp3) is 0.565. The van der Waals surface area contributed by atoms with Crippen molar-refractivity contribution in [2.75, 3.05) is 50.8 Å². The van der Waals surface area contributed by atoms with Gasteiger partial charge >= 0.3 is 0 Å². The van der Waals surface area contributed by atoms with Gasteiger partial charge in [-0.15, -0.1) is 0 Å². The van der Waals surface area contributed by atoms with Gasteiger partial charge in [0.1, 0.15) is 5.67 Å². The fourth-order valence-electron chi connectivity index (χ4n) is 5.20. The molecule has 2 aromatic rings. The van der Waals surface area contributed by atoms with Gasteiger partial charge in [-0.1, -0.05) is 12.1 Å². The van der Waals surface area contributed by atoms with E-state index < -0.39 is 5.67 Å². The second-order valence-corrected chi connectivity index (χ2v) is 8.81. The quantitative estimate of drug-likeness (QED) is 0.830. The maximum absolute atomic E-state index is 15.1. The molecule has 2 N–H and O–H groups in total. The van der Waals surface area contributed by atoms with Crippen molar-refractivity contribution in [1.29, 1.82) is 0 Å². The zero-order chi connectivity index (χ0) is 19.7. The second kappa shape index (κ2) is 8.09. The molecule has 1 aromatic carbocycles. The Hall–Kier alpha value is -1.89. The molecular formula is C23H32FN5. The van der Waals surface area contributed by atoms with Gasteiger partial charge in [-0.3, -0.25) is 5.32 Å². The van der Waals surface area contributed by atoms with Gasteiger partial charge < -0.3 is 19.7 Å². The lowest BCUT2D eigenvalue weighted by molar-refractivity contribution is 0.0472. The predicted octanol–water partition coefficient (Wildman–Crippen LogP) is 3.25. The average molecular weight is 398 g/mol. The zero-order valence-electron chi connectivity index (χ0n) is 17.1. The number of halogens is 1. The Kier molecular flexibility index (Phi) is 5.33. The molecular weight excluding hydrogens is 365 g/mol. The summed E-state index contributed by atoms with van der Waals surface area (Å²) in [6.07, 6.45) is 10.1. The van der Waals surface area contributed by atoms with Gasteiger partial charge in [-0.2, -0.15) is 0 Å². The zero-order valence-corrected chi connectivity index (χ0v) is 17.1. The van der Waals surface area contributed by atoms with E-state index >= 15 is 4.39 Å². The first-order valence-electron chi connectivity index (χ1n) is 11.1. The van der Waals surface area contributed by atoms with Crippen molar-refractivity contribution in [3.63, 3.8) is 0 Å². The van der Waals surface area contributed by atoms with Crippen molar-refractivity contribution < 1.29 is 4.39 Å². The molecule has 2 fully saturated rings. The Labute approximate surface area is 172 Å². The number of rotatable bonds is 4. The highest BCUT2D eigenvalue weighted by Crippen LogP contribution is 2.34. The number of fused-ring (bicyclic) bond motifs is 1. The van der Waals surface area contributed by atoms with E-state index in [1.807, 2.05) is 0 Å². The van der Waals surface area contributed by atoms with Crippen molar-refractivity contribution in [2.24, 2.45) is 0 Å². The maximum Gasteiger partial charge on any atom is 0.126 e. The maximum atomic E-state index is 15.1. The van der Waals surface area contributed by atoms with E-state index in [0.717, 1.165) is 52.2 Å². The summed E-state index contributed by atoms with van der Waals surface area (Å²) in [6, 6.07) is 9.35. The van der Waals surface area contributed by atoms with E-state index in [9.17, 15) is 0 Å². The smallest absolute Gasteiger partial charge is 0.126 e. The number of anilines is 1. The monoisotopic (exact) mass is 397 g/mol. The predicted molar refractivity (Wildman–Crippen MR) is 117 cm³/mol. The number of alkyl halides is 1. The number of likely N-dealkylation sites (tertiary alicyclic amines) is 1. The normalized spacial score (nSPS) is 23.7. The van der Waals surface area contributed by atoms with Crippen LogP contribution in [0.3, 0.4) is 0 Å². The van der Waals surface area contributed by atoms with Gasteiger partial charge in [-0.05, 0) is 57.0 Å². The Balaban J connectivity index is 1.28. The molecule has 2 saturated heterocycles. The van der Waals surface area contributed by atoms with E-state index in [0.29, 0.717) is 25.4 Å². The van der Waals surface area contributed by atoms with Crippen LogP contribution >= 0.6 is 0 Å². The minimum atomic E-state index is -0.997. The van der Waals surface area contributed by atoms with Crippen molar-refractivity contribution in [3.05, 3.63) is 42.7 Å². The van der Waals surface area contributed by atoms with Crippen LogP contribution in [0.1, 0.15) is 31.7 Å². The third-order valence-electron chi connectivity index (χ3n) is 6.84. The van der Waals surface area contributed by atoms with Crippen LogP contribution in [0.15, 0.2) is 42.7 Å². The van der Waals surface area contributed by atoms with E-state index in [2.05, 4.69) is 67.7 Å². The lowest BCUT2D eigenvalue weighted by atomic mass is 9.92.